The lowest BCUT2D eigenvalue weighted by Crippen LogP contribution is -2.46. The minimum atomic E-state index is -0.380. The van der Waals surface area contributed by atoms with E-state index >= 15 is 0 Å². The van der Waals surface area contributed by atoms with Gasteiger partial charge < -0.3 is 10.5 Å². The molecule has 2 saturated heterocycles. The van der Waals surface area contributed by atoms with Crippen LogP contribution < -0.4 is 5.73 Å². The van der Waals surface area contributed by atoms with Gasteiger partial charge in [-0.3, -0.25) is 4.79 Å². The Labute approximate surface area is 108 Å². The Balaban J connectivity index is 2.04. The molecule has 2 aliphatic rings. The minimum absolute atomic E-state index is 0.00603. The van der Waals surface area contributed by atoms with Crippen LogP contribution in [0.1, 0.15) is 33.1 Å². The summed E-state index contributed by atoms with van der Waals surface area (Å²) in [6, 6.07) is 0. The molecule has 0 aliphatic carbocycles. The predicted molar refractivity (Wildman–Crippen MR) is 71.2 cm³/mol. The van der Waals surface area contributed by atoms with Crippen molar-refractivity contribution < 1.29 is 9.53 Å². The second-order valence-corrected chi connectivity index (χ2v) is 7.08. The van der Waals surface area contributed by atoms with E-state index in [0.29, 0.717) is 12.3 Å². The van der Waals surface area contributed by atoms with Gasteiger partial charge in [0.25, 0.3) is 0 Å². The number of Topliss-reactive ketones (excluding diaryl/α,β-unsaturated/α-hetero) is 1. The molecule has 2 N–H and O–H groups in total. The number of carbonyl (C=O) groups is 1. The number of nitrogens with two attached hydrogens (primary N) is 1. The maximum absolute atomic E-state index is 12.4. The van der Waals surface area contributed by atoms with Crippen LogP contribution in [0.15, 0.2) is 0 Å². The molecule has 3 nitrogen and oxygen atoms in total. The van der Waals surface area contributed by atoms with E-state index in [1.54, 1.807) is 0 Å². The predicted octanol–water partition coefficient (Wildman–Crippen LogP) is 1.84. The van der Waals surface area contributed by atoms with Crippen molar-refractivity contribution in [3.05, 3.63) is 0 Å². The molecule has 0 aromatic heterocycles. The molecular weight excluding hydrogens is 234 g/mol. The molecule has 17 heavy (non-hydrogen) atoms. The van der Waals surface area contributed by atoms with Crippen LogP contribution in [0.25, 0.3) is 0 Å². The van der Waals surface area contributed by atoms with E-state index in [9.17, 15) is 4.79 Å². The molecule has 4 heteroatoms. The summed E-state index contributed by atoms with van der Waals surface area (Å²) in [5.74, 6) is 2.71. The maximum Gasteiger partial charge on any atom is 0.143 e. The smallest absolute Gasteiger partial charge is 0.143 e. The molecule has 98 valence electrons. The fourth-order valence-corrected chi connectivity index (χ4v) is 4.15. The summed E-state index contributed by atoms with van der Waals surface area (Å²) < 4.78 is 5.95. The van der Waals surface area contributed by atoms with E-state index in [4.69, 9.17) is 10.5 Å². The van der Waals surface area contributed by atoms with E-state index in [1.165, 1.54) is 5.75 Å². The van der Waals surface area contributed by atoms with Crippen LogP contribution in [0.2, 0.25) is 0 Å². The van der Waals surface area contributed by atoms with E-state index in [1.807, 2.05) is 25.6 Å². The summed E-state index contributed by atoms with van der Waals surface area (Å²) in [6.07, 6.45) is 2.88. The number of carbonyl (C=O) groups excluding carboxylic acids is 1. The van der Waals surface area contributed by atoms with Crippen LogP contribution >= 0.6 is 11.8 Å². The molecule has 0 radical (unpaired) electrons. The van der Waals surface area contributed by atoms with Crippen molar-refractivity contribution in [2.24, 2.45) is 17.1 Å². The van der Waals surface area contributed by atoms with Crippen LogP contribution in [0.3, 0.4) is 0 Å². The van der Waals surface area contributed by atoms with Crippen LogP contribution in [-0.2, 0) is 9.53 Å². The van der Waals surface area contributed by atoms with Gasteiger partial charge in [-0.05, 0) is 25.0 Å². The van der Waals surface area contributed by atoms with Crippen molar-refractivity contribution in [2.75, 3.05) is 24.7 Å². The molecule has 2 atom stereocenters. The summed E-state index contributed by atoms with van der Waals surface area (Å²) in [5, 5.41) is 0. The first-order valence-corrected chi connectivity index (χ1v) is 7.61. The molecule has 0 aromatic carbocycles. The molecule has 2 unspecified atom stereocenters. The topological polar surface area (TPSA) is 52.3 Å². The molecule has 2 aliphatic heterocycles. The number of hydrogen-bond acceptors (Lipinski definition) is 4. The lowest BCUT2D eigenvalue weighted by molar-refractivity contribution is -0.141. The van der Waals surface area contributed by atoms with Crippen LogP contribution in [0.4, 0.5) is 0 Å². The summed E-state index contributed by atoms with van der Waals surface area (Å²) in [6.45, 7) is 5.09. The van der Waals surface area contributed by atoms with Gasteiger partial charge >= 0.3 is 0 Å². The largest absolute Gasteiger partial charge is 0.374 e. The third-order valence-electron chi connectivity index (χ3n) is 4.11. The zero-order valence-electron chi connectivity index (χ0n) is 10.8. The van der Waals surface area contributed by atoms with Gasteiger partial charge in [0.05, 0.1) is 5.60 Å². The highest BCUT2D eigenvalue weighted by Gasteiger charge is 2.44. The second kappa shape index (κ2) is 4.90. The number of hydrogen-bond donors (Lipinski definition) is 1. The zero-order chi connectivity index (χ0) is 12.5. The zero-order valence-corrected chi connectivity index (χ0v) is 11.6. The third-order valence-corrected chi connectivity index (χ3v) is 5.33. The Hall–Kier alpha value is -0.0600. The summed E-state index contributed by atoms with van der Waals surface area (Å²) >= 11 is 1.95. The van der Waals surface area contributed by atoms with E-state index in [-0.39, 0.29) is 16.9 Å². The molecule has 2 rings (SSSR count). The second-order valence-electron chi connectivity index (χ2n) is 5.98. The summed E-state index contributed by atoms with van der Waals surface area (Å²) in [7, 11) is 0. The summed E-state index contributed by atoms with van der Waals surface area (Å²) in [5.41, 5.74) is 5.32. The van der Waals surface area contributed by atoms with Crippen molar-refractivity contribution in [3.8, 4) is 0 Å². The Morgan fingerprint density at radius 2 is 2.35 bits per heavy atom. The van der Waals surface area contributed by atoms with Gasteiger partial charge in [0.15, 0.2) is 0 Å². The fourth-order valence-electron chi connectivity index (χ4n) is 2.77. The summed E-state index contributed by atoms with van der Waals surface area (Å²) in [4.78, 5) is 12.4. The molecule has 0 saturated carbocycles. The molecule has 0 aromatic rings. The van der Waals surface area contributed by atoms with Gasteiger partial charge in [-0.2, -0.15) is 11.8 Å². The molecule has 0 bridgehead atoms. The minimum Gasteiger partial charge on any atom is -0.374 e. The molecule has 1 spiro atoms. The fraction of sp³-hybridized carbons (Fsp3) is 0.923. The van der Waals surface area contributed by atoms with Crippen molar-refractivity contribution in [1.82, 2.24) is 0 Å². The molecule has 2 fully saturated rings. The van der Waals surface area contributed by atoms with Gasteiger partial charge in [-0.1, -0.05) is 13.8 Å². The van der Waals surface area contributed by atoms with E-state index < -0.39 is 0 Å². The Morgan fingerprint density at radius 1 is 1.59 bits per heavy atom. The SMILES string of the molecule is CC(C)(CN)C(=O)C1CCOC2(CCSC2)C1. The first kappa shape index (κ1) is 13.4. The number of ether oxygens (including phenoxy) is 1. The Morgan fingerprint density at radius 3 is 2.94 bits per heavy atom. The monoisotopic (exact) mass is 257 g/mol. The van der Waals surface area contributed by atoms with Gasteiger partial charge in [0.1, 0.15) is 5.78 Å². The highest BCUT2D eigenvalue weighted by Crippen LogP contribution is 2.42. The quantitative estimate of drug-likeness (QED) is 0.838. The Kier molecular flexibility index (Phi) is 3.86. The first-order valence-electron chi connectivity index (χ1n) is 6.45. The Bertz CT molecular complexity index is 298. The van der Waals surface area contributed by atoms with Crippen molar-refractivity contribution in [2.45, 2.75) is 38.7 Å². The van der Waals surface area contributed by atoms with Gasteiger partial charge in [0, 0.05) is 30.2 Å². The number of thioether (sulfide) groups is 1. The van der Waals surface area contributed by atoms with Crippen LogP contribution in [0.5, 0.6) is 0 Å². The van der Waals surface area contributed by atoms with Gasteiger partial charge in [0.2, 0.25) is 0 Å². The third kappa shape index (κ3) is 2.69. The van der Waals surface area contributed by atoms with Crippen LogP contribution in [0, 0.1) is 11.3 Å². The highest BCUT2D eigenvalue weighted by atomic mass is 32.2. The maximum atomic E-state index is 12.4. The first-order chi connectivity index (χ1) is 7.99. The van der Waals surface area contributed by atoms with E-state index in [2.05, 4.69) is 0 Å². The van der Waals surface area contributed by atoms with Gasteiger partial charge in [-0.25, -0.2) is 0 Å². The highest BCUT2D eigenvalue weighted by molar-refractivity contribution is 7.99. The molecule has 0 amide bonds. The molecule has 2 heterocycles. The number of ketones is 1. The van der Waals surface area contributed by atoms with Crippen LogP contribution in [-0.4, -0.2) is 36.0 Å². The average molecular weight is 257 g/mol. The molecular formula is C13H23NO2S. The number of rotatable bonds is 3. The lowest BCUT2D eigenvalue weighted by atomic mass is 9.74. The van der Waals surface area contributed by atoms with Gasteiger partial charge in [-0.15, -0.1) is 0 Å². The van der Waals surface area contributed by atoms with Crippen molar-refractivity contribution >= 4 is 17.5 Å². The standard InChI is InChI=1S/C13H23NO2S/c1-12(2,8-14)11(15)10-3-5-16-13(7-10)4-6-17-9-13/h10H,3-9,14H2,1-2H3. The van der Waals surface area contributed by atoms with E-state index in [0.717, 1.165) is 31.6 Å². The van der Waals surface area contributed by atoms with Crippen molar-refractivity contribution in [3.63, 3.8) is 0 Å². The average Bonchev–Trinajstić information content (AvgIpc) is 2.76. The normalized spacial score (nSPS) is 34.2. The van der Waals surface area contributed by atoms with Crippen molar-refractivity contribution in [1.29, 1.82) is 0 Å². The lowest BCUT2D eigenvalue weighted by Gasteiger charge is -2.39.